The fraction of sp³-hybridized carbons (Fsp3) is 0.318. The van der Waals surface area contributed by atoms with Crippen LogP contribution in [0.25, 0.3) is 11.4 Å². The van der Waals surface area contributed by atoms with Gasteiger partial charge in [0.25, 0.3) is 0 Å². The number of halogens is 3. The average Bonchev–Trinajstić information content (AvgIpc) is 3.45. The first kappa shape index (κ1) is 19.6. The number of carbonyl (C=O) groups is 1. The number of nitrogens with zero attached hydrogens (tertiary/aromatic N) is 3. The van der Waals surface area contributed by atoms with Crippen molar-refractivity contribution >= 4 is 5.91 Å². The highest BCUT2D eigenvalue weighted by Crippen LogP contribution is 2.41. The SMILES string of the molecule is O=C1CC(c2nc(-c3ccc(OC(F)(F)F)cc3)no2)CN1C1CCc2ccccc21. The summed E-state index contributed by atoms with van der Waals surface area (Å²) >= 11 is 0. The standard InChI is InChI=1S/C22H18F3N3O3/c23-22(24,25)30-16-8-5-14(6-9-16)20-26-21(31-27-20)15-11-19(29)28(12-15)18-10-7-13-3-1-2-4-17(13)18/h1-6,8-9,15,18H,7,10-12H2. The summed E-state index contributed by atoms with van der Waals surface area (Å²) in [5, 5.41) is 3.94. The number of hydrogen-bond donors (Lipinski definition) is 0. The van der Waals surface area contributed by atoms with Gasteiger partial charge in [-0.05, 0) is 48.2 Å². The van der Waals surface area contributed by atoms with Crippen molar-refractivity contribution in [3.63, 3.8) is 0 Å². The molecule has 0 spiro atoms. The average molecular weight is 429 g/mol. The summed E-state index contributed by atoms with van der Waals surface area (Å²) in [7, 11) is 0. The first-order valence-corrected chi connectivity index (χ1v) is 9.94. The molecule has 2 heterocycles. The van der Waals surface area contributed by atoms with Crippen LogP contribution in [0.5, 0.6) is 5.75 Å². The molecule has 1 amide bonds. The van der Waals surface area contributed by atoms with Crippen molar-refractivity contribution in [2.24, 2.45) is 0 Å². The molecule has 160 valence electrons. The van der Waals surface area contributed by atoms with Crippen LogP contribution in [-0.2, 0) is 11.2 Å². The van der Waals surface area contributed by atoms with Gasteiger partial charge in [0, 0.05) is 18.5 Å². The van der Waals surface area contributed by atoms with E-state index >= 15 is 0 Å². The molecule has 1 aliphatic carbocycles. The number of fused-ring (bicyclic) bond motifs is 1. The largest absolute Gasteiger partial charge is 0.573 e. The number of carbonyl (C=O) groups excluding carboxylic acids is 1. The first-order chi connectivity index (χ1) is 14.9. The summed E-state index contributed by atoms with van der Waals surface area (Å²) < 4.78 is 46.2. The second-order valence-corrected chi connectivity index (χ2v) is 7.73. The fourth-order valence-corrected chi connectivity index (χ4v) is 4.38. The van der Waals surface area contributed by atoms with Crippen LogP contribution < -0.4 is 4.74 Å². The highest BCUT2D eigenvalue weighted by Gasteiger charge is 2.40. The lowest BCUT2D eigenvalue weighted by Crippen LogP contribution is -2.28. The van der Waals surface area contributed by atoms with Crippen LogP contribution in [0.4, 0.5) is 13.2 Å². The van der Waals surface area contributed by atoms with E-state index in [0.717, 1.165) is 12.8 Å². The maximum Gasteiger partial charge on any atom is 0.573 e. The Morgan fingerprint density at radius 3 is 2.65 bits per heavy atom. The van der Waals surface area contributed by atoms with E-state index in [1.807, 2.05) is 17.0 Å². The van der Waals surface area contributed by atoms with E-state index in [2.05, 4.69) is 27.0 Å². The van der Waals surface area contributed by atoms with Gasteiger partial charge in [0.05, 0.1) is 12.0 Å². The number of aryl methyl sites for hydroxylation is 1. The topological polar surface area (TPSA) is 68.5 Å². The van der Waals surface area contributed by atoms with Gasteiger partial charge in [-0.15, -0.1) is 13.2 Å². The molecule has 0 N–H and O–H groups in total. The third kappa shape index (κ3) is 3.87. The van der Waals surface area contributed by atoms with Crippen molar-refractivity contribution in [3.05, 3.63) is 65.5 Å². The van der Waals surface area contributed by atoms with Gasteiger partial charge >= 0.3 is 6.36 Å². The number of alkyl halides is 3. The molecule has 31 heavy (non-hydrogen) atoms. The minimum absolute atomic E-state index is 0.0557. The van der Waals surface area contributed by atoms with E-state index in [9.17, 15) is 18.0 Å². The molecule has 2 atom stereocenters. The fourth-order valence-electron chi connectivity index (χ4n) is 4.38. The van der Waals surface area contributed by atoms with Crippen LogP contribution in [0.2, 0.25) is 0 Å². The van der Waals surface area contributed by atoms with E-state index in [1.54, 1.807) is 0 Å². The number of hydrogen-bond acceptors (Lipinski definition) is 5. The third-order valence-electron chi connectivity index (χ3n) is 5.77. The predicted octanol–water partition coefficient (Wildman–Crippen LogP) is 4.64. The number of aromatic nitrogens is 2. The molecular weight excluding hydrogens is 411 g/mol. The van der Waals surface area contributed by atoms with E-state index in [0.29, 0.717) is 24.4 Å². The van der Waals surface area contributed by atoms with Gasteiger partial charge in [-0.1, -0.05) is 29.4 Å². The van der Waals surface area contributed by atoms with Crippen molar-refractivity contribution in [3.8, 4) is 17.1 Å². The maximum absolute atomic E-state index is 12.7. The highest BCUT2D eigenvalue weighted by molar-refractivity contribution is 5.80. The zero-order chi connectivity index (χ0) is 21.6. The van der Waals surface area contributed by atoms with Crippen LogP contribution >= 0.6 is 0 Å². The van der Waals surface area contributed by atoms with Gasteiger partial charge in [-0.2, -0.15) is 4.98 Å². The second kappa shape index (κ2) is 7.40. The van der Waals surface area contributed by atoms with Gasteiger partial charge < -0.3 is 14.2 Å². The zero-order valence-electron chi connectivity index (χ0n) is 16.3. The molecule has 0 radical (unpaired) electrons. The van der Waals surface area contributed by atoms with Gasteiger partial charge in [-0.25, -0.2) is 0 Å². The summed E-state index contributed by atoms with van der Waals surface area (Å²) in [6.07, 6.45) is -2.60. The monoisotopic (exact) mass is 429 g/mol. The number of amides is 1. The predicted molar refractivity (Wildman–Crippen MR) is 103 cm³/mol. The van der Waals surface area contributed by atoms with E-state index < -0.39 is 6.36 Å². The van der Waals surface area contributed by atoms with Crippen LogP contribution in [-0.4, -0.2) is 33.9 Å². The second-order valence-electron chi connectivity index (χ2n) is 7.73. The Bertz CT molecular complexity index is 1110. The van der Waals surface area contributed by atoms with Gasteiger partial charge in [0.1, 0.15) is 5.75 Å². The molecule has 2 aromatic carbocycles. The van der Waals surface area contributed by atoms with Crippen molar-refractivity contribution in [2.75, 3.05) is 6.54 Å². The van der Waals surface area contributed by atoms with Crippen LogP contribution in [0.15, 0.2) is 53.1 Å². The van der Waals surface area contributed by atoms with Gasteiger partial charge in [0.15, 0.2) is 0 Å². The smallest absolute Gasteiger partial charge is 0.406 e. The maximum atomic E-state index is 12.7. The molecule has 0 bridgehead atoms. The molecule has 2 aliphatic rings. The molecule has 1 saturated heterocycles. The van der Waals surface area contributed by atoms with Crippen molar-refractivity contribution in [2.45, 2.75) is 37.6 Å². The van der Waals surface area contributed by atoms with Gasteiger partial charge in [-0.3, -0.25) is 4.79 Å². The molecular formula is C22H18F3N3O3. The summed E-state index contributed by atoms with van der Waals surface area (Å²) in [6, 6.07) is 13.5. The molecule has 1 aliphatic heterocycles. The van der Waals surface area contributed by atoms with Crippen LogP contribution in [0.1, 0.15) is 41.8 Å². The number of likely N-dealkylation sites (tertiary alicyclic amines) is 1. The summed E-state index contributed by atoms with van der Waals surface area (Å²) in [6.45, 7) is 0.498. The lowest BCUT2D eigenvalue weighted by Gasteiger charge is -2.25. The first-order valence-electron chi connectivity index (χ1n) is 9.94. The Morgan fingerprint density at radius 2 is 1.87 bits per heavy atom. The van der Waals surface area contributed by atoms with E-state index in [1.165, 1.54) is 35.4 Å². The Hall–Kier alpha value is -3.36. The molecule has 5 rings (SSSR count). The normalized spacial score (nSPS) is 20.9. The zero-order valence-corrected chi connectivity index (χ0v) is 16.3. The van der Waals surface area contributed by atoms with Gasteiger partial charge in [0.2, 0.25) is 17.6 Å². The number of ether oxygens (including phenoxy) is 1. The molecule has 1 fully saturated rings. The number of benzene rings is 2. The Labute approximate surface area is 175 Å². The molecule has 0 saturated carbocycles. The van der Waals surface area contributed by atoms with Crippen molar-refractivity contribution in [1.29, 1.82) is 0 Å². The lowest BCUT2D eigenvalue weighted by atomic mass is 10.1. The summed E-state index contributed by atoms with van der Waals surface area (Å²) in [4.78, 5) is 19.0. The molecule has 9 heteroatoms. The molecule has 2 unspecified atom stereocenters. The van der Waals surface area contributed by atoms with Crippen LogP contribution in [0.3, 0.4) is 0 Å². The Balaban J connectivity index is 1.30. The Morgan fingerprint density at radius 1 is 1.10 bits per heavy atom. The van der Waals surface area contributed by atoms with Crippen molar-refractivity contribution < 1.29 is 27.2 Å². The molecule has 1 aromatic heterocycles. The van der Waals surface area contributed by atoms with E-state index in [-0.39, 0.29) is 29.4 Å². The van der Waals surface area contributed by atoms with Crippen LogP contribution in [0, 0.1) is 0 Å². The summed E-state index contributed by atoms with van der Waals surface area (Å²) in [5.74, 6) is 0.127. The minimum atomic E-state index is -4.75. The van der Waals surface area contributed by atoms with Crippen molar-refractivity contribution in [1.82, 2.24) is 15.0 Å². The third-order valence-corrected chi connectivity index (χ3v) is 5.77. The van der Waals surface area contributed by atoms with E-state index in [4.69, 9.17) is 4.52 Å². The highest BCUT2D eigenvalue weighted by atomic mass is 19.4. The molecule has 6 nitrogen and oxygen atoms in total. The molecule has 3 aromatic rings. The summed E-state index contributed by atoms with van der Waals surface area (Å²) in [5.41, 5.74) is 2.97. The lowest BCUT2D eigenvalue weighted by molar-refractivity contribution is -0.274. The minimum Gasteiger partial charge on any atom is -0.406 e. The quantitative estimate of drug-likeness (QED) is 0.605. The Kier molecular flexibility index (Phi) is 4.68. The number of rotatable bonds is 4.